The van der Waals surface area contributed by atoms with Crippen LogP contribution in [0.3, 0.4) is 0 Å². The Morgan fingerprint density at radius 2 is 1.61 bits per heavy atom. The molecule has 4 rings (SSSR count). The summed E-state index contributed by atoms with van der Waals surface area (Å²) in [7, 11) is 0. The summed E-state index contributed by atoms with van der Waals surface area (Å²) in [4.78, 5) is 15.5. The molecule has 1 saturated heterocycles. The van der Waals surface area contributed by atoms with Crippen LogP contribution in [0, 0.1) is 5.41 Å². The van der Waals surface area contributed by atoms with Gasteiger partial charge in [-0.1, -0.05) is 54.6 Å². The summed E-state index contributed by atoms with van der Waals surface area (Å²) in [6.45, 7) is 4.36. The SMILES string of the molecule is CCOC(=O)C1(CCc2ccccc2)CCN(C2Cc3ccccc3C2)CC1. The Bertz CT molecular complexity index is 768. The van der Waals surface area contributed by atoms with Gasteiger partial charge in [0.05, 0.1) is 12.0 Å². The first kappa shape index (κ1) is 19.2. The minimum atomic E-state index is -0.326. The summed E-state index contributed by atoms with van der Waals surface area (Å²) in [6, 6.07) is 19.9. The maximum absolute atomic E-state index is 12.9. The number of benzene rings is 2. The predicted molar refractivity (Wildman–Crippen MR) is 112 cm³/mol. The van der Waals surface area contributed by atoms with Crippen LogP contribution >= 0.6 is 0 Å². The molecule has 1 fully saturated rings. The average Bonchev–Trinajstić information content (AvgIpc) is 3.18. The number of carbonyl (C=O) groups is 1. The van der Waals surface area contributed by atoms with Crippen LogP contribution in [0.25, 0.3) is 0 Å². The number of aryl methyl sites for hydroxylation is 1. The zero-order valence-electron chi connectivity index (χ0n) is 16.9. The van der Waals surface area contributed by atoms with Crippen LogP contribution in [0.1, 0.15) is 42.9 Å². The molecule has 0 unspecified atom stereocenters. The Labute approximate surface area is 168 Å². The maximum Gasteiger partial charge on any atom is 0.312 e. The summed E-state index contributed by atoms with van der Waals surface area (Å²) in [5, 5.41) is 0. The van der Waals surface area contributed by atoms with Crippen LogP contribution in [0.5, 0.6) is 0 Å². The van der Waals surface area contributed by atoms with E-state index in [0.717, 1.165) is 51.6 Å². The second kappa shape index (κ2) is 8.48. The zero-order valence-corrected chi connectivity index (χ0v) is 16.9. The first-order valence-electron chi connectivity index (χ1n) is 10.7. The largest absolute Gasteiger partial charge is 0.466 e. The Morgan fingerprint density at radius 3 is 2.21 bits per heavy atom. The maximum atomic E-state index is 12.9. The van der Waals surface area contributed by atoms with Crippen molar-refractivity contribution in [1.29, 1.82) is 0 Å². The molecule has 0 N–H and O–H groups in total. The minimum Gasteiger partial charge on any atom is -0.466 e. The fraction of sp³-hybridized carbons (Fsp3) is 0.480. The van der Waals surface area contributed by atoms with Crippen LogP contribution in [-0.4, -0.2) is 36.6 Å². The van der Waals surface area contributed by atoms with Gasteiger partial charge in [0.25, 0.3) is 0 Å². The first-order valence-corrected chi connectivity index (χ1v) is 10.7. The molecule has 2 aliphatic rings. The molecule has 1 heterocycles. The van der Waals surface area contributed by atoms with Crippen LogP contribution in [-0.2, 0) is 28.8 Å². The van der Waals surface area contributed by atoms with Crippen molar-refractivity contribution < 1.29 is 9.53 Å². The van der Waals surface area contributed by atoms with Crippen molar-refractivity contribution in [2.75, 3.05) is 19.7 Å². The highest BCUT2D eigenvalue weighted by atomic mass is 16.5. The van der Waals surface area contributed by atoms with E-state index in [4.69, 9.17) is 4.74 Å². The second-order valence-electron chi connectivity index (χ2n) is 8.35. The highest BCUT2D eigenvalue weighted by Crippen LogP contribution is 2.39. The summed E-state index contributed by atoms with van der Waals surface area (Å²) in [5.74, 6) is 0.0142. The molecule has 2 aromatic carbocycles. The molecule has 0 atom stereocenters. The Hall–Kier alpha value is -2.13. The quantitative estimate of drug-likeness (QED) is 0.698. The Balaban J connectivity index is 1.41. The van der Waals surface area contributed by atoms with E-state index in [0.29, 0.717) is 12.6 Å². The summed E-state index contributed by atoms with van der Waals surface area (Å²) in [6.07, 6.45) is 5.93. The zero-order chi connectivity index (χ0) is 19.4. The molecule has 3 nitrogen and oxygen atoms in total. The van der Waals surface area contributed by atoms with E-state index in [-0.39, 0.29) is 11.4 Å². The van der Waals surface area contributed by atoms with Gasteiger partial charge in [-0.15, -0.1) is 0 Å². The van der Waals surface area contributed by atoms with Crippen molar-refractivity contribution >= 4 is 5.97 Å². The smallest absolute Gasteiger partial charge is 0.312 e. The highest BCUT2D eigenvalue weighted by Gasteiger charge is 2.43. The van der Waals surface area contributed by atoms with Crippen LogP contribution in [0.4, 0.5) is 0 Å². The number of rotatable bonds is 6. The number of carbonyl (C=O) groups excluding carboxylic acids is 1. The number of hydrogen-bond donors (Lipinski definition) is 0. The van der Waals surface area contributed by atoms with Crippen LogP contribution < -0.4 is 0 Å². The lowest BCUT2D eigenvalue weighted by atomic mass is 9.73. The van der Waals surface area contributed by atoms with Gasteiger partial charge in [0.1, 0.15) is 0 Å². The summed E-state index contributed by atoms with van der Waals surface area (Å²) >= 11 is 0. The number of esters is 1. The van der Waals surface area contributed by atoms with Gasteiger partial charge in [-0.05, 0) is 75.2 Å². The third-order valence-corrected chi connectivity index (χ3v) is 6.74. The molecule has 2 aromatic rings. The molecule has 0 spiro atoms. The molecular weight excluding hydrogens is 346 g/mol. The van der Waals surface area contributed by atoms with Gasteiger partial charge in [-0.2, -0.15) is 0 Å². The monoisotopic (exact) mass is 377 g/mol. The molecule has 0 bridgehead atoms. The highest BCUT2D eigenvalue weighted by molar-refractivity contribution is 5.77. The van der Waals surface area contributed by atoms with Crippen LogP contribution in [0.15, 0.2) is 54.6 Å². The lowest BCUT2D eigenvalue weighted by molar-refractivity contribution is -0.159. The van der Waals surface area contributed by atoms with E-state index in [2.05, 4.69) is 53.4 Å². The van der Waals surface area contributed by atoms with E-state index in [9.17, 15) is 4.79 Å². The lowest BCUT2D eigenvalue weighted by Crippen LogP contribution is -2.49. The van der Waals surface area contributed by atoms with Gasteiger partial charge in [-0.25, -0.2) is 0 Å². The standard InChI is InChI=1S/C25H31NO2/c1-2-28-24(27)25(13-12-20-8-4-3-5-9-20)14-16-26(17-15-25)23-18-21-10-6-7-11-22(21)19-23/h3-11,23H,2,12-19H2,1H3. The number of nitrogens with zero attached hydrogens (tertiary/aromatic N) is 1. The van der Waals surface area contributed by atoms with Gasteiger partial charge in [0, 0.05) is 6.04 Å². The average molecular weight is 378 g/mol. The number of piperidine rings is 1. The molecule has 148 valence electrons. The van der Waals surface area contributed by atoms with Crippen molar-refractivity contribution in [3.05, 3.63) is 71.3 Å². The molecule has 1 aliphatic heterocycles. The van der Waals surface area contributed by atoms with Crippen molar-refractivity contribution in [3.63, 3.8) is 0 Å². The molecule has 0 amide bonds. The first-order chi connectivity index (χ1) is 13.7. The van der Waals surface area contributed by atoms with Gasteiger partial charge >= 0.3 is 5.97 Å². The minimum absolute atomic E-state index is 0.0142. The molecule has 0 saturated carbocycles. The van der Waals surface area contributed by atoms with Gasteiger partial charge in [0.15, 0.2) is 0 Å². The molecule has 28 heavy (non-hydrogen) atoms. The number of fused-ring (bicyclic) bond motifs is 1. The van der Waals surface area contributed by atoms with E-state index in [1.54, 1.807) is 0 Å². The molecule has 3 heteroatoms. The number of ether oxygens (including phenoxy) is 1. The van der Waals surface area contributed by atoms with E-state index in [1.807, 2.05) is 13.0 Å². The van der Waals surface area contributed by atoms with Crippen molar-refractivity contribution in [2.24, 2.45) is 5.41 Å². The van der Waals surface area contributed by atoms with Crippen molar-refractivity contribution in [3.8, 4) is 0 Å². The number of hydrogen-bond acceptors (Lipinski definition) is 3. The second-order valence-corrected chi connectivity index (χ2v) is 8.35. The molecule has 0 aromatic heterocycles. The fourth-order valence-electron chi connectivity index (χ4n) is 4.98. The molecule has 1 aliphatic carbocycles. The third-order valence-electron chi connectivity index (χ3n) is 6.74. The van der Waals surface area contributed by atoms with E-state index in [1.165, 1.54) is 16.7 Å². The summed E-state index contributed by atoms with van der Waals surface area (Å²) < 4.78 is 5.53. The van der Waals surface area contributed by atoms with Crippen LogP contribution in [0.2, 0.25) is 0 Å². The van der Waals surface area contributed by atoms with Crippen molar-refractivity contribution in [2.45, 2.75) is 51.5 Å². The van der Waals surface area contributed by atoms with E-state index < -0.39 is 0 Å². The molecular formula is C25H31NO2. The summed E-state index contributed by atoms with van der Waals surface area (Å²) in [5.41, 5.74) is 3.98. The predicted octanol–water partition coefficient (Wildman–Crippen LogP) is 4.43. The number of likely N-dealkylation sites (tertiary alicyclic amines) is 1. The topological polar surface area (TPSA) is 29.5 Å². The van der Waals surface area contributed by atoms with Gasteiger partial charge in [-0.3, -0.25) is 9.69 Å². The van der Waals surface area contributed by atoms with Gasteiger partial charge in [0.2, 0.25) is 0 Å². The third kappa shape index (κ3) is 4.00. The van der Waals surface area contributed by atoms with Crippen molar-refractivity contribution in [1.82, 2.24) is 4.90 Å². The van der Waals surface area contributed by atoms with Gasteiger partial charge < -0.3 is 4.74 Å². The molecule has 0 radical (unpaired) electrons. The Kier molecular flexibility index (Phi) is 5.82. The normalized spacial score (nSPS) is 19.3. The lowest BCUT2D eigenvalue weighted by Gasteiger charge is -2.42. The van der Waals surface area contributed by atoms with E-state index >= 15 is 0 Å². The Morgan fingerprint density at radius 1 is 1.00 bits per heavy atom. The fourth-order valence-corrected chi connectivity index (χ4v) is 4.98.